The first kappa shape index (κ1) is 26.5. The van der Waals surface area contributed by atoms with Gasteiger partial charge >= 0.3 is 21.1 Å². The molecule has 0 fully saturated rings. The van der Waals surface area contributed by atoms with Crippen LogP contribution >= 0.6 is 0 Å². The number of halogens is 7. The molecule has 0 N–H and O–H groups in total. The third-order valence-corrected chi connectivity index (χ3v) is 5.29. The van der Waals surface area contributed by atoms with Gasteiger partial charge in [0.25, 0.3) is 0 Å². The van der Waals surface area contributed by atoms with Crippen LogP contribution in [0.5, 0.6) is 0 Å². The molecule has 0 aliphatic heterocycles. The largest absolute Gasteiger partial charge is 2.00 e. The van der Waals surface area contributed by atoms with Crippen molar-refractivity contribution in [1.29, 1.82) is 0 Å². The number of hydrogen-bond donors (Lipinski definition) is 0. The maximum absolute atomic E-state index is 14.3. The molecule has 0 atom stereocenters. The molecule has 0 bridgehead atoms. The van der Waals surface area contributed by atoms with Gasteiger partial charge in [-0.1, -0.05) is 41.5 Å². The summed E-state index contributed by atoms with van der Waals surface area (Å²) in [5.41, 5.74) is -1.77. The van der Waals surface area contributed by atoms with Gasteiger partial charge in [0.15, 0.2) is 0 Å². The maximum atomic E-state index is 14.3. The smallest absolute Gasteiger partial charge is 0.300 e. The van der Waals surface area contributed by atoms with Crippen LogP contribution in [0.4, 0.5) is 30.7 Å². The van der Waals surface area contributed by atoms with Crippen LogP contribution in [-0.2, 0) is 26.5 Å². The van der Waals surface area contributed by atoms with Crippen LogP contribution in [0.3, 0.4) is 0 Å². The van der Waals surface area contributed by atoms with Gasteiger partial charge < -0.3 is 9.97 Å². The molecule has 10 heteroatoms. The zero-order valence-electron chi connectivity index (χ0n) is 17.9. The molecule has 2 aromatic carbocycles. The first-order valence-electron chi connectivity index (χ1n) is 9.78. The second-order valence-corrected chi connectivity index (χ2v) is 7.84. The van der Waals surface area contributed by atoms with Gasteiger partial charge in [0, 0.05) is 16.8 Å². The van der Waals surface area contributed by atoms with Crippen molar-refractivity contribution in [3.63, 3.8) is 0 Å². The van der Waals surface area contributed by atoms with Gasteiger partial charge in [0.05, 0.1) is 23.3 Å². The molecule has 4 aromatic rings. The number of pyridine rings is 2. The fraction of sp³-hybridized carbons (Fsp3) is 0.120. The van der Waals surface area contributed by atoms with Gasteiger partial charge in [0.1, 0.15) is 17.5 Å². The Hall–Kier alpha value is -3.06. The summed E-state index contributed by atoms with van der Waals surface area (Å²) in [7, 11) is 0. The molecule has 182 valence electrons. The van der Waals surface area contributed by atoms with Crippen LogP contribution in [-0.4, -0.2) is 9.97 Å². The van der Waals surface area contributed by atoms with Crippen LogP contribution in [0.2, 0.25) is 0 Å². The summed E-state index contributed by atoms with van der Waals surface area (Å²) in [5, 5.41) is 0. The Labute approximate surface area is 210 Å². The van der Waals surface area contributed by atoms with E-state index in [1.54, 1.807) is 19.9 Å². The molecule has 0 radical (unpaired) electrons. The van der Waals surface area contributed by atoms with Crippen molar-refractivity contribution >= 4 is 0 Å². The van der Waals surface area contributed by atoms with Crippen molar-refractivity contribution in [2.75, 3.05) is 0 Å². The fourth-order valence-electron chi connectivity index (χ4n) is 3.34. The minimum Gasteiger partial charge on any atom is -0.300 e. The topological polar surface area (TPSA) is 25.8 Å². The van der Waals surface area contributed by atoms with Gasteiger partial charge in [-0.25, -0.2) is 13.2 Å². The summed E-state index contributed by atoms with van der Waals surface area (Å²) in [5.74, 6) is -11.8. The fourth-order valence-corrected chi connectivity index (χ4v) is 3.34. The molecule has 0 amide bonds. The Morgan fingerprint density at radius 3 is 1.74 bits per heavy atom. The normalized spacial score (nSPS) is 11.3. The molecule has 4 rings (SSSR count). The van der Waals surface area contributed by atoms with E-state index < -0.39 is 51.7 Å². The minimum absolute atomic E-state index is 0. The molecule has 0 saturated heterocycles. The number of aromatic nitrogens is 2. The van der Waals surface area contributed by atoms with E-state index in [1.165, 1.54) is 30.3 Å². The Morgan fingerprint density at radius 2 is 1.17 bits per heavy atom. The second kappa shape index (κ2) is 9.89. The third-order valence-electron chi connectivity index (χ3n) is 5.29. The maximum Gasteiger partial charge on any atom is 2.00 e. The van der Waals surface area contributed by atoms with E-state index in [-0.39, 0.29) is 43.7 Å². The van der Waals surface area contributed by atoms with Crippen molar-refractivity contribution in [2.24, 2.45) is 0 Å². The van der Waals surface area contributed by atoms with Crippen molar-refractivity contribution in [3.8, 4) is 22.5 Å². The predicted octanol–water partition coefficient (Wildman–Crippen LogP) is 6.71. The quantitative estimate of drug-likeness (QED) is 0.105. The number of hydrogen-bond acceptors (Lipinski definition) is 2. The molecule has 0 unspecified atom stereocenters. The molecule has 0 aliphatic rings. The molecule has 2 aromatic heterocycles. The summed E-state index contributed by atoms with van der Waals surface area (Å²) in [6, 6.07) is 13.5. The van der Waals surface area contributed by atoms with E-state index in [0.717, 1.165) is 0 Å². The van der Waals surface area contributed by atoms with E-state index in [1.807, 2.05) is 6.07 Å². The summed E-state index contributed by atoms with van der Waals surface area (Å²) in [4.78, 5) is 8.58. The molecule has 0 spiro atoms. The van der Waals surface area contributed by atoms with Gasteiger partial charge in [-0.15, -0.1) is 12.1 Å². The van der Waals surface area contributed by atoms with Gasteiger partial charge in [0.2, 0.25) is 0 Å². The van der Waals surface area contributed by atoms with E-state index in [9.17, 15) is 30.7 Å². The molecular weight excluding hydrogens is 656 g/mol. The standard InChI is InChI=1S/C25H13F7N2.Pt/c1-25(2,18-7-3-5-16(33-18)12-9-10-14(26)22(30)20(12)28)19-8-4-6-17(34-19)13-11-15(27)23(31)24(32)21(13)29;/h3-8,10H,1-2H3;/q-2;+2. The van der Waals surface area contributed by atoms with E-state index in [4.69, 9.17) is 0 Å². The molecule has 2 nitrogen and oxygen atoms in total. The van der Waals surface area contributed by atoms with E-state index in [2.05, 4.69) is 16.0 Å². The Morgan fingerprint density at radius 1 is 0.657 bits per heavy atom. The summed E-state index contributed by atoms with van der Waals surface area (Å²) in [6.07, 6.45) is 0. The average Bonchev–Trinajstić information content (AvgIpc) is 2.83. The second-order valence-electron chi connectivity index (χ2n) is 7.84. The summed E-state index contributed by atoms with van der Waals surface area (Å²) >= 11 is 0. The zero-order valence-corrected chi connectivity index (χ0v) is 20.2. The Kier molecular flexibility index (Phi) is 7.50. The first-order chi connectivity index (χ1) is 16.0. The van der Waals surface area contributed by atoms with Gasteiger partial charge in [-0.05, 0) is 37.4 Å². The van der Waals surface area contributed by atoms with Crippen molar-refractivity contribution < 1.29 is 51.8 Å². The van der Waals surface area contributed by atoms with Crippen LogP contribution in [0.15, 0.2) is 42.5 Å². The van der Waals surface area contributed by atoms with Gasteiger partial charge in [-0.2, -0.15) is 0 Å². The first-order valence-corrected chi connectivity index (χ1v) is 9.78. The monoisotopic (exact) mass is 669 g/mol. The zero-order chi connectivity index (χ0) is 24.8. The minimum atomic E-state index is -1.99. The summed E-state index contributed by atoms with van der Waals surface area (Å²) < 4.78 is 96.1. The average molecular weight is 669 g/mol. The molecule has 0 aliphatic carbocycles. The molecular formula is C25H13F7N2Pt. The molecule has 2 heterocycles. The van der Waals surface area contributed by atoms with Gasteiger partial charge in [-0.3, -0.25) is 17.6 Å². The predicted molar refractivity (Wildman–Crippen MR) is 109 cm³/mol. The van der Waals surface area contributed by atoms with Crippen molar-refractivity contribution in [2.45, 2.75) is 19.3 Å². The number of benzene rings is 2. The summed E-state index contributed by atoms with van der Waals surface area (Å²) in [6.45, 7) is 3.34. The Bertz CT molecular complexity index is 1420. The van der Waals surface area contributed by atoms with Crippen LogP contribution in [0.1, 0.15) is 25.2 Å². The van der Waals surface area contributed by atoms with E-state index >= 15 is 0 Å². The van der Waals surface area contributed by atoms with E-state index in [0.29, 0.717) is 11.8 Å². The van der Waals surface area contributed by atoms with Crippen LogP contribution in [0, 0.1) is 52.9 Å². The number of rotatable bonds is 4. The number of nitrogens with zero attached hydrogens (tertiary/aromatic N) is 2. The van der Waals surface area contributed by atoms with Crippen LogP contribution < -0.4 is 0 Å². The Balaban J connectivity index is 0.00000342. The van der Waals surface area contributed by atoms with Crippen LogP contribution in [0.25, 0.3) is 22.5 Å². The van der Waals surface area contributed by atoms with Crippen molar-refractivity contribution in [1.82, 2.24) is 9.97 Å². The van der Waals surface area contributed by atoms with Crippen molar-refractivity contribution in [3.05, 3.63) is 107 Å². The third kappa shape index (κ3) is 4.74. The SMILES string of the molecule is CC(C)(c1cccc(-c2[c-]cc(F)c(F)c2F)n1)c1cccc(-c2[c-]c(F)c(F)c(F)c2F)n1.[Pt+2]. The molecule has 0 saturated carbocycles. The molecule has 35 heavy (non-hydrogen) atoms.